The Morgan fingerprint density at radius 1 is 0.913 bits per heavy atom. The van der Waals surface area contributed by atoms with E-state index >= 15 is 0 Å². The second kappa shape index (κ2) is 5.76. The molecule has 2 aromatic rings. The van der Waals surface area contributed by atoms with E-state index in [1.165, 1.54) is 0 Å². The number of ether oxygens (including phenoxy) is 2. The number of rotatable bonds is 3. The van der Waals surface area contributed by atoms with Crippen molar-refractivity contribution in [3.8, 4) is 0 Å². The standard InChI is InChI=1S/C19H18NO2.Li/c1-18(2)13-21-17(20-18)16-19(22-16,14-9-5-3-6-10-14)15-11-7-4-8-12-15;/h3-12H,13H2,1-2H3;/q-1;+1. The van der Waals surface area contributed by atoms with Crippen LogP contribution in [0, 0.1) is 6.10 Å². The summed E-state index contributed by atoms with van der Waals surface area (Å²) in [6, 6.07) is 20.5. The Bertz CT molecular complexity index is 673. The molecule has 2 aromatic carbocycles. The first-order chi connectivity index (χ1) is 10.6. The average molecular weight is 299 g/mol. The Morgan fingerprint density at radius 3 is 1.87 bits per heavy atom. The molecule has 0 bridgehead atoms. The first-order valence-electron chi connectivity index (χ1n) is 7.52. The van der Waals surface area contributed by atoms with E-state index in [-0.39, 0.29) is 24.4 Å². The molecule has 0 radical (unpaired) electrons. The molecule has 2 heterocycles. The van der Waals surface area contributed by atoms with Crippen LogP contribution in [0.3, 0.4) is 0 Å². The zero-order chi connectivity index (χ0) is 15.2. The van der Waals surface area contributed by atoms with Crippen LogP contribution in [0.25, 0.3) is 0 Å². The van der Waals surface area contributed by atoms with Crippen LogP contribution in [0.4, 0.5) is 0 Å². The molecule has 1 fully saturated rings. The van der Waals surface area contributed by atoms with Gasteiger partial charge in [0.25, 0.3) is 0 Å². The third kappa shape index (κ3) is 2.70. The summed E-state index contributed by atoms with van der Waals surface area (Å²) in [5.74, 6) is 0.637. The predicted molar refractivity (Wildman–Crippen MR) is 85.5 cm³/mol. The van der Waals surface area contributed by atoms with E-state index in [0.29, 0.717) is 12.5 Å². The van der Waals surface area contributed by atoms with Crippen LogP contribution in [0.2, 0.25) is 0 Å². The van der Waals surface area contributed by atoms with Crippen LogP contribution >= 0.6 is 0 Å². The van der Waals surface area contributed by atoms with Crippen LogP contribution in [-0.2, 0) is 15.1 Å². The summed E-state index contributed by atoms with van der Waals surface area (Å²) in [5, 5.41) is 0. The number of aliphatic imine (C=N–C) groups is 1. The molecule has 0 amide bonds. The van der Waals surface area contributed by atoms with Gasteiger partial charge in [-0.3, -0.25) is 4.99 Å². The normalized spacial score (nSPS) is 20.3. The fraction of sp³-hybridized carbons (Fsp3) is 0.263. The van der Waals surface area contributed by atoms with Crippen molar-refractivity contribution in [2.24, 2.45) is 4.99 Å². The van der Waals surface area contributed by atoms with Crippen LogP contribution < -0.4 is 18.9 Å². The van der Waals surface area contributed by atoms with Gasteiger partial charge in [-0.2, -0.15) is 0 Å². The molecule has 0 spiro atoms. The minimum Gasteiger partial charge on any atom is -0.526 e. The molecule has 0 saturated carbocycles. The van der Waals surface area contributed by atoms with Crippen molar-refractivity contribution in [1.82, 2.24) is 0 Å². The molecule has 1 saturated heterocycles. The maximum Gasteiger partial charge on any atom is 1.00 e. The van der Waals surface area contributed by atoms with Crippen LogP contribution in [0.5, 0.6) is 0 Å². The molecule has 0 N–H and O–H groups in total. The van der Waals surface area contributed by atoms with E-state index in [9.17, 15) is 0 Å². The third-order valence-corrected chi connectivity index (χ3v) is 4.05. The molecule has 2 aliphatic heterocycles. The molecular weight excluding hydrogens is 281 g/mol. The van der Waals surface area contributed by atoms with E-state index in [1.807, 2.05) is 36.4 Å². The molecule has 23 heavy (non-hydrogen) atoms. The molecule has 4 heteroatoms. The van der Waals surface area contributed by atoms with Gasteiger partial charge in [-0.05, 0) is 25.0 Å². The van der Waals surface area contributed by atoms with Crippen molar-refractivity contribution in [3.63, 3.8) is 0 Å². The average Bonchev–Trinajstić information content (AvgIpc) is 3.21. The molecule has 4 rings (SSSR count). The molecule has 0 atom stereocenters. The fourth-order valence-electron chi connectivity index (χ4n) is 2.91. The van der Waals surface area contributed by atoms with Crippen molar-refractivity contribution in [2.45, 2.75) is 25.0 Å². The van der Waals surface area contributed by atoms with Crippen LogP contribution in [-0.4, -0.2) is 18.0 Å². The van der Waals surface area contributed by atoms with Gasteiger partial charge in [-0.1, -0.05) is 60.7 Å². The van der Waals surface area contributed by atoms with E-state index in [4.69, 9.17) is 9.47 Å². The zero-order valence-corrected chi connectivity index (χ0v) is 13.7. The first-order valence-corrected chi connectivity index (χ1v) is 7.52. The van der Waals surface area contributed by atoms with Gasteiger partial charge in [-0.15, -0.1) is 6.10 Å². The summed E-state index contributed by atoms with van der Waals surface area (Å²) in [6.45, 7) is 4.72. The monoisotopic (exact) mass is 299 g/mol. The second-order valence-corrected chi connectivity index (χ2v) is 6.36. The third-order valence-electron chi connectivity index (χ3n) is 4.05. The Balaban J connectivity index is 0.00000156. The van der Waals surface area contributed by atoms with Gasteiger partial charge in [-0.25, -0.2) is 0 Å². The predicted octanol–water partition coefficient (Wildman–Crippen LogP) is 0.704. The molecule has 3 nitrogen and oxygen atoms in total. The smallest absolute Gasteiger partial charge is 0.526 e. The molecule has 0 unspecified atom stereocenters. The van der Waals surface area contributed by atoms with Crippen molar-refractivity contribution in [3.05, 3.63) is 77.9 Å². The minimum absolute atomic E-state index is 0. The van der Waals surface area contributed by atoms with Crippen LogP contribution in [0.15, 0.2) is 65.7 Å². The zero-order valence-electron chi connectivity index (χ0n) is 13.7. The van der Waals surface area contributed by atoms with E-state index in [2.05, 4.69) is 43.1 Å². The largest absolute Gasteiger partial charge is 1.00 e. The number of nitrogens with zero attached hydrogens (tertiary/aromatic N) is 1. The van der Waals surface area contributed by atoms with Gasteiger partial charge < -0.3 is 9.47 Å². The first kappa shape index (κ1) is 16.2. The topological polar surface area (TPSA) is 34.1 Å². The van der Waals surface area contributed by atoms with E-state index < -0.39 is 5.60 Å². The molecule has 0 aromatic heterocycles. The minimum atomic E-state index is -0.554. The number of hydrogen-bond donors (Lipinski definition) is 0. The van der Waals surface area contributed by atoms with Gasteiger partial charge in [0.1, 0.15) is 6.61 Å². The van der Waals surface area contributed by atoms with Crippen molar-refractivity contribution in [1.29, 1.82) is 0 Å². The van der Waals surface area contributed by atoms with Gasteiger partial charge >= 0.3 is 18.9 Å². The second-order valence-electron chi connectivity index (χ2n) is 6.36. The maximum atomic E-state index is 6.11. The van der Waals surface area contributed by atoms with Crippen molar-refractivity contribution < 1.29 is 28.3 Å². The summed E-state index contributed by atoms with van der Waals surface area (Å²) in [6.07, 6.45) is 0.815. The molecular formula is C19H18LiNO2. The Morgan fingerprint density at radius 2 is 1.43 bits per heavy atom. The Hall–Kier alpha value is -1.66. The van der Waals surface area contributed by atoms with Gasteiger partial charge in [0.05, 0.1) is 11.4 Å². The number of benzene rings is 2. The molecule has 0 aliphatic carbocycles. The molecule has 112 valence electrons. The van der Waals surface area contributed by atoms with Gasteiger partial charge in [0.15, 0.2) is 0 Å². The van der Waals surface area contributed by atoms with Crippen LogP contribution in [0.1, 0.15) is 25.0 Å². The number of hydrogen-bond acceptors (Lipinski definition) is 3. The van der Waals surface area contributed by atoms with Gasteiger partial charge in [0, 0.05) is 5.60 Å². The number of epoxide rings is 1. The fourth-order valence-corrected chi connectivity index (χ4v) is 2.91. The SMILES string of the molecule is CC1(C)COC([C-]2OC2(c2ccccc2)c2ccccc2)=N1.[Li+]. The summed E-state index contributed by atoms with van der Waals surface area (Å²) in [7, 11) is 0. The van der Waals surface area contributed by atoms with Gasteiger partial charge in [0.2, 0.25) is 0 Å². The van der Waals surface area contributed by atoms with Crippen molar-refractivity contribution in [2.75, 3.05) is 6.61 Å². The summed E-state index contributed by atoms with van der Waals surface area (Å²) in [4.78, 5) is 4.66. The summed E-state index contributed by atoms with van der Waals surface area (Å²) < 4.78 is 11.9. The van der Waals surface area contributed by atoms with E-state index in [0.717, 1.165) is 17.2 Å². The van der Waals surface area contributed by atoms with Crippen molar-refractivity contribution >= 4 is 5.90 Å². The Labute approximate surface area is 148 Å². The summed E-state index contributed by atoms with van der Waals surface area (Å²) >= 11 is 0. The Kier molecular flexibility index (Phi) is 4.06. The quantitative estimate of drug-likeness (QED) is 0.475. The van der Waals surface area contributed by atoms with E-state index in [1.54, 1.807) is 0 Å². The maximum absolute atomic E-state index is 6.11. The summed E-state index contributed by atoms with van der Waals surface area (Å²) in [5.41, 5.74) is 1.47. The molecule has 2 aliphatic rings.